The van der Waals surface area contributed by atoms with Crippen LogP contribution in [0.4, 0.5) is 13.8 Å². The van der Waals surface area contributed by atoms with Gasteiger partial charge in [-0.15, -0.1) is 11.3 Å². The molecule has 4 nitrogen and oxygen atoms in total. The second-order valence-corrected chi connectivity index (χ2v) is 7.12. The number of hydrogen-bond donors (Lipinski definition) is 1. The molecule has 1 saturated heterocycles. The number of carbonyl (C=O) groups is 1. The number of likely N-dealkylation sites (tertiary alicyclic amines) is 1. The van der Waals surface area contributed by atoms with E-state index in [1.165, 1.54) is 36.3 Å². The van der Waals surface area contributed by atoms with E-state index in [9.17, 15) is 13.6 Å². The van der Waals surface area contributed by atoms with E-state index in [1.54, 1.807) is 18.2 Å². The first-order valence-electron chi connectivity index (χ1n) is 8.40. The number of anilines is 1. The van der Waals surface area contributed by atoms with Gasteiger partial charge < -0.3 is 15.0 Å². The third-order valence-corrected chi connectivity index (χ3v) is 5.21. The van der Waals surface area contributed by atoms with E-state index in [1.807, 2.05) is 19.1 Å². The van der Waals surface area contributed by atoms with Crippen molar-refractivity contribution in [1.29, 1.82) is 0 Å². The number of hydrogen-bond acceptors (Lipinski definition) is 4. The zero-order chi connectivity index (χ0) is 18.5. The third kappa shape index (κ3) is 4.82. The van der Waals surface area contributed by atoms with E-state index in [4.69, 9.17) is 0 Å². The highest BCUT2D eigenvalue weighted by molar-refractivity contribution is 7.19. The van der Waals surface area contributed by atoms with E-state index >= 15 is 0 Å². The van der Waals surface area contributed by atoms with Crippen molar-refractivity contribution in [3.8, 4) is 16.2 Å². The molecule has 1 aromatic heterocycles. The summed E-state index contributed by atoms with van der Waals surface area (Å²) in [7, 11) is 0. The predicted octanol–water partition coefficient (Wildman–Crippen LogP) is 4.95. The first-order chi connectivity index (χ1) is 12.5. The highest BCUT2D eigenvalue weighted by atomic mass is 32.1. The molecular formula is C19H20F2N2O2S. The molecule has 7 heteroatoms. The number of nitrogens with zero attached hydrogens (tertiary/aromatic N) is 1. The van der Waals surface area contributed by atoms with Gasteiger partial charge in [-0.3, -0.25) is 4.79 Å². The molecule has 0 atom stereocenters. The maximum atomic E-state index is 12.2. The topological polar surface area (TPSA) is 41.6 Å². The van der Waals surface area contributed by atoms with E-state index in [0.29, 0.717) is 0 Å². The Morgan fingerprint density at radius 2 is 1.88 bits per heavy atom. The molecule has 1 aliphatic rings. The molecule has 0 unspecified atom stereocenters. The maximum absolute atomic E-state index is 12.2. The number of benzene rings is 1. The molecular weight excluding hydrogens is 358 g/mol. The molecule has 1 amide bonds. The number of carbonyl (C=O) groups excluding carboxylic acids is 1. The van der Waals surface area contributed by atoms with Crippen LogP contribution in [0.3, 0.4) is 0 Å². The minimum atomic E-state index is -2.83. The molecule has 1 N–H and O–H groups in total. The monoisotopic (exact) mass is 378 g/mol. The molecule has 0 bridgehead atoms. The Kier molecular flexibility index (Phi) is 5.88. The number of ether oxygens (including phenoxy) is 1. The number of nitrogens with one attached hydrogen (secondary N) is 1. The van der Waals surface area contributed by atoms with Crippen molar-refractivity contribution in [3.05, 3.63) is 48.2 Å². The summed E-state index contributed by atoms with van der Waals surface area (Å²) < 4.78 is 28.7. The second kappa shape index (κ2) is 8.31. The van der Waals surface area contributed by atoms with Crippen LogP contribution in [0, 0.1) is 0 Å². The lowest BCUT2D eigenvalue weighted by Crippen LogP contribution is -2.19. The number of allylic oxidation sites excluding steroid dienone is 1. The Balaban J connectivity index is 1.62. The van der Waals surface area contributed by atoms with Gasteiger partial charge in [0.2, 0.25) is 0 Å². The molecule has 1 fully saturated rings. The molecule has 1 aromatic carbocycles. The number of rotatable bonds is 6. The van der Waals surface area contributed by atoms with Gasteiger partial charge in [-0.1, -0.05) is 0 Å². The Bertz CT molecular complexity index is 781. The summed E-state index contributed by atoms with van der Waals surface area (Å²) in [5.74, 6) is -0.0279. The molecule has 138 valence electrons. The molecule has 2 heterocycles. The molecule has 0 spiro atoms. The van der Waals surface area contributed by atoms with Gasteiger partial charge in [-0.05, 0) is 61.7 Å². The average Bonchev–Trinajstić information content (AvgIpc) is 3.26. The first kappa shape index (κ1) is 18.4. The normalized spacial score (nSPS) is 14.8. The zero-order valence-corrected chi connectivity index (χ0v) is 15.2. The number of halogens is 2. The quantitative estimate of drug-likeness (QED) is 0.723. The highest BCUT2D eigenvalue weighted by Gasteiger charge is 2.13. The number of thiophene rings is 1. The molecule has 2 aromatic rings. The van der Waals surface area contributed by atoms with E-state index in [0.717, 1.165) is 34.2 Å². The van der Waals surface area contributed by atoms with Crippen LogP contribution < -0.4 is 10.1 Å². The van der Waals surface area contributed by atoms with Crippen LogP contribution in [0.25, 0.3) is 10.4 Å². The van der Waals surface area contributed by atoms with Crippen LogP contribution in [0.2, 0.25) is 0 Å². The van der Waals surface area contributed by atoms with E-state index in [2.05, 4.69) is 15.0 Å². The largest absolute Gasteiger partial charge is 0.435 e. The van der Waals surface area contributed by atoms with Crippen LogP contribution >= 0.6 is 11.3 Å². The fourth-order valence-electron chi connectivity index (χ4n) is 2.87. The Hall–Kier alpha value is -2.41. The Morgan fingerprint density at radius 1 is 1.19 bits per heavy atom. The second-order valence-electron chi connectivity index (χ2n) is 6.04. The summed E-state index contributed by atoms with van der Waals surface area (Å²) in [5, 5.41) is 3.62. The van der Waals surface area contributed by atoms with Gasteiger partial charge in [-0.25, -0.2) is 0 Å². The fraction of sp³-hybridized carbons (Fsp3) is 0.316. The summed E-state index contributed by atoms with van der Waals surface area (Å²) in [5.41, 5.74) is 1.85. The Morgan fingerprint density at radius 3 is 2.54 bits per heavy atom. The molecule has 26 heavy (non-hydrogen) atoms. The van der Waals surface area contributed by atoms with Crippen molar-refractivity contribution in [2.75, 3.05) is 18.4 Å². The lowest BCUT2D eigenvalue weighted by molar-refractivity contribution is -0.112. The van der Waals surface area contributed by atoms with Gasteiger partial charge >= 0.3 is 6.61 Å². The zero-order valence-electron chi connectivity index (χ0n) is 14.4. The minimum absolute atomic E-state index is 0.122. The lowest BCUT2D eigenvalue weighted by Gasteiger charge is -2.17. The van der Waals surface area contributed by atoms with Crippen molar-refractivity contribution in [1.82, 2.24) is 4.90 Å². The summed E-state index contributed by atoms with van der Waals surface area (Å²) >= 11 is 1.43. The van der Waals surface area contributed by atoms with Crippen molar-refractivity contribution < 1.29 is 18.3 Å². The SMILES string of the molecule is CC(=CC(=O)Nc1ccc(-c2ccc(OC(F)F)cc2)s1)N1CCCC1. The van der Waals surface area contributed by atoms with Gasteiger partial charge in [0.25, 0.3) is 5.91 Å². The smallest absolute Gasteiger partial charge is 0.387 e. The molecule has 3 rings (SSSR count). The predicted molar refractivity (Wildman–Crippen MR) is 99.6 cm³/mol. The molecule has 0 saturated carbocycles. The molecule has 1 aliphatic heterocycles. The van der Waals surface area contributed by atoms with Gasteiger partial charge in [0.1, 0.15) is 5.75 Å². The highest BCUT2D eigenvalue weighted by Crippen LogP contribution is 2.32. The summed E-state index contributed by atoms with van der Waals surface area (Å²) in [6.45, 7) is 1.13. The fourth-order valence-corrected chi connectivity index (χ4v) is 3.78. The maximum Gasteiger partial charge on any atom is 0.387 e. The Labute approximate surface area is 155 Å². The summed E-state index contributed by atoms with van der Waals surface area (Å²) in [4.78, 5) is 15.3. The lowest BCUT2D eigenvalue weighted by atomic mass is 10.2. The minimum Gasteiger partial charge on any atom is -0.435 e. The third-order valence-electron chi connectivity index (χ3n) is 4.16. The van der Waals surface area contributed by atoms with Crippen molar-refractivity contribution in [2.45, 2.75) is 26.4 Å². The summed E-state index contributed by atoms with van der Waals surface area (Å²) in [6, 6.07) is 10.2. The van der Waals surface area contributed by atoms with E-state index < -0.39 is 6.61 Å². The van der Waals surface area contributed by atoms with Crippen LogP contribution in [0.1, 0.15) is 19.8 Å². The standard InChI is InChI=1S/C19H20F2N2O2S/c1-13(23-10-2-3-11-23)12-17(24)22-18-9-8-16(26-18)14-4-6-15(7-5-14)25-19(20)21/h4-9,12,19H,2-3,10-11H2,1H3,(H,22,24). The van der Waals surface area contributed by atoms with Crippen LogP contribution in [-0.2, 0) is 4.79 Å². The van der Waals surface area contributed by atoms with Gasteiger partial charge in [0.05, 0.1) is 5.00 Å². The van der Waals surface area contributed by atoms with Gasteiger partial charge in [0, 0.05) is 29.7 Å². The first-order valence-corrected chi connectivity index (χ1v) is 9.22. The van der Waals surface area contributed by atoms with E-state index in [-0.39, 0.29) is 11.7 Å². The van der Waals surface area contributed by atoms with Crippen molar-refractivity contribution in [3.63, 3.8) is 0 Å². The molecule has 0 radical (unpaired) electrons. The van der Waals surface area contributed by atoms with Crippen molar-refractivity contribution in [2.24, 2.45) is 0 Å². The van der Waals surface area contributed by atoms with Crippen LogP contribution in [0.5, 0.6) is 5.75 Å². The summed E-state index contributed by atoms with van der Waals surface area (Å²) in [6.07, 6.45) is 3.96. The van der Waals surface area contributed by atoms with Gasteiger partial charge in [-0.2, -0.15) is 8.78 Å². The number of alkyl halides is 2. The van der Waals surface area contributed by atoms with Crippen LogP contribution in [-0.4, -0.2) is 30.5 Å². The number of amides is 1. The van der Waals surface area contributed by atoms with Crippen molar-refractivity contribution >= 4 is 22.2 Å². The van der Waals surface area contributed by atoms with Crippen LogP contribution in [0.15, 0.2) is 48.2 Å². The molecule has 0 aliphatic carbocycles. The van der Waals surface area contributed by atoms with Gasteiger partial charge in [0.15, 0.2) is 0 Å². The average molecular weight is 378 g/mol.